The highest BCUT2D eigenvalue weighted by Gasteiger charge is 2.33. The third-order valence-electron chi connectivity index (χ3n) is 5.80. The number of anilines is 1. The molecule has 2 aliphatic rings. The zero-order valence-electron chi connectivity index (χ0n) is 18.6. The summed E-state index contributed by atoms with van der Waals surface area (Å²) in [6, 6.07) is 5.51. The predicted molar refractivity (Wildman–Crippen MR) is 133 cm³/mol. The summed E-state index contributed by atoms with van der Waals surface area (Å²) >= 11 is 6.68. The van der Waals surface area contributed by atoms with Gasteiger partial charge >= 0.3 is 0 Å². The van der Waals surface area contributed by atoms with E-state index in [1.54, 1.807) is 30.3 Å². The maximum absolute atomic E-state index is 13.5. The van der Waals surface area contributed by atoms with Crippen LogP contribution in [0.2, 0.25) is 0 Å². The maximum atomic E-state index is 13.5. The van der Waals surface area contributed by atoms with Crippen molar-refractivity contribution in [2.45, 2.75) is 26.7 Å². The van der Waals surface area contributed by atoms with Gasteiger partial charge in [0.25, 0.3) is 11.5 Å². The van der Waals surface area contributed by atoms with Crippen LogP contribution in [0.3, 0.4) is 0 Å². The minimum atomic E-state index is -0.180. The fraction of sp³-hybridized carbons (Fsp3) is 0.478. The number of carbonyl (C=O) groups is 1. The van der Waals surface area contributed by atoms with Crippen LogP contribution >= 0.6 is 24.0 Å². The molecule has 2 fully saturated rings. The van der Waals surface area contributed by atoms with Crippen molar-refractivity contribution in [1.29, 1.82) is 0 Å². The lowest BCUT2D eigenvalue weighted by atomic mass is 9.91. The van der Waals surface area contributed by atoms with Gasteiger partial charge in [0.1, 0.15) is 15.8 Å². The molecule has 2 atom stereocenters. The molecule has 0 aliphatic carbocycles. The fourth-order valence-corrected chi connectivity index (χ4v) is 5.78. The summed E-state index contributed by atoms with van der Waals surface area (Å²) in [5.74, 6) is 1.48. The van der Waals surface area contributed by atoms with Gasteiger partial charge in [0.05, 0.1) is 10.5 Å². The van der Waals surface area contributed by atoms with Crippen molar-refractivity contribution < 1.29 is 9.53 Å². The summed E-state index contributed by atoms with van der Waals surface area (Å²) in [6.07, 6.45) is 5.25. The van der Waals surface area contributed by atoms with Gasteiger partial charge in [-0.25, -0.2) is 4.98 Å². The topological polar surface area (TPSA) is 67.2 Å². The van der Waals surface area contributed by atoms with E-state index >= 15 is 0 Å². The average Bonchev–Trinajstić information content (AvgIpc) is 3.02. The van der Waals surface area contributed by atoms with Gasteiger partial charge in [0.2, 0.25) is 0 Å². The van der Waals surface area contributed by atoms with Crippen molar-refractivity contribution in [3.8, 4) is 0 Å². The summed E-state index contributed by atoms with van der Waals surface area (Å²) in [5, 5.41) is 0. The van der Waals surface area contributed by atoms with Gasteiger partial charge in [-0.15, -0.1) is 0 Å². The molecule has 0 spiro atoms. The van der Waals surface area contributed by atoms with Crippen LogP contribution in [0.4, 0.5) is 5.82 Å². The van der Waals surface area contributed by atoms with Crippen LogP contribution in [0.5, 0.6) is 0 Å². The van der Waals surface area contributed by atoms with E-state index in [1.807, 2.05) is 12.1 Å². The molecule has 170 valence electrons. The molecule has 9 heteroatoms. The fourth-order valence-electron chi connectivity index (χ4n) is 4.49. The van der Waals surface area contributed by atoms with Gasteiger partial charge in [-0.05, 0) is 42.9 Å². The Morgan fingerprint density at radius 1 is 1.25 bits per heavy atom. The van der Waals surface area contributed by atoms with Crippen molar-refractivity contribution in [2.24, 2.45) is 11.8 Å². The van der Waals surface area contributed by atoms with Crippen molar-refractivity contribution in [2.75, 3.05) is 38.3 Å². The Balaban J connectivity index is 1.77. The number of methoxy groups -OCH3 is 1. The number of ether oxygens (including phenoxy) is 1. The van der Waals surface area contributed by atoms with Gasteiger partial charge in [-0.2, -0.15) is 0 Å². The number of amides is 1. The van der Waals surface area contributed by atoms with Gasteiger partial charge < -0.3 is 9.64 Å². The molecular weight excluding hydrogens is 444 g/mol. The van der Waals surface area contributed by atoms with E-state index in [-0.39, 0.29) is 11.5 Å². The van der Waals surface area contributed by atoms with Crippen LogP contribution < -0.4 is 10.5 Å². The lowest BCUT2D eigenvalue weighted by Gasteiger charge is -2.36. The summed E-state index contributed by atoms with van der Waals surface area (Å²) in [4.78, 5) is 35.6. The number of hydrogen-bond donors (Lipinski definition) is 0. The number of hydrogen-bond acceptors (Lipinski definition) is 7. The van der Waals surface area contributed by atoms with E-state index in [2.05, 4.69) is 18.7 Å². The third-order valence-corrected chi connectivity index (χ3v) is 7.17. The molecule has 4 rings (SSSR count). The Morgan fingerprint density at radius 2 is 2.00 bits per heavy atom. The first kappa shape index (κ1) is 22.9. The molecule has 4 heterocycles. The summed E-state index contributed by atoms with van der Waals surface area (Å²) in [5.41, 5.74) is 0.858. The largest absolute Gasteiger partial charge is 0.385 e. The number of fused-ring (bicyclic) bond motifs is 1. The molecule has 2 aliphatic heterocycles. The molecule has 7 nitrogen and oxygen atoms in total. The van der Waals surface area contributed by atoms with Crippen LogP contribution in [-0.2, 0) is 9.53 Å². The first-order valence-corrected chi connectivity index (χ1v) is 12.1. The van der Waals surface area contributed by atoms with Gasteiger partial charge in [0.15, 0.2) is 0 Å². The molecule has 1 amide bonds. The van der Waals surface area contributed by atoms with Crippen LogP contribution in [0.25, 0.3) is 11.7 Å². The predicted octanol–water partition coefficient (Wildman–Crippen LogP) is 3.41. The van der Waals surface area contributed by atoms with Crippen molar-refractivity contribution in [1.82, 2.24) is 14.3 Å². The zero-order chi connectivity index (χ0) is 22.8. The second-order valence-electron chi connectivity index (χ2n) is 8.61. The Kier molecular flexibility index (Phi) is 6.97. The monoisotopic (exact) mass is 472 g/mol. The molecule has 2 saturated heterocycles. The van der Waals surface area contributed by atoms with E-state index in [1.165, 1.54) is 16.2 Å². The first-order valence-electron chi connectivity index (χ1n) is 10.9. The number of pyridine rings is 1. The number of thiocarbonyl (C=S) groups is 1. The van der Waals surface area contributed by atoms with Crippen LogP contribution in [0.1, 0.15) is 32.3 Å². The molecule has 32 heavy (non-hydrogen) atoms. The number of carbonyl (C=O) groups excluding carboxylic acids is 1. The summed E-state index contributed by atoms with van der Waals surface area (Å²) in [7, 11) is 1.63. The highest BCUT2D eigenvalue weighted by molar-refractivity contribution is 8.26. The SMILES string of the molecule is COCCCN1C(=O)/C(=C/c2c(N3CC(C)CC(C)C3)nc3ccccn3c2=O)SC1=S. The molecule has 0 aromatic carbocycles. The zero-order valence-corrected chi connectivity index (χ0v) is 20.2. The van der Waals surface area contributed by atoms with Gasteiger partial charge in [-0.3, -0.25) is 18.9 Å². The maximum Gasteiger partial charge on any atom is 0.267 e. The van der Waals surface area contributed by atoms with Crippen LogP contribution in [-0.4, -0.2) is 57.9 Å². The molecule has 2 unspecified atom stereocenters. The second-order valence-corrected chi connectivity index (χ2v) is 10.3. The second kappa shape index (κ2) is 9.72. The minimum absolute atomic E-state index is 0.167. The number of piperidine rings is 1. The number of nitrogens with zero attached hydrogens (tertiary/aromatic N) is 4. The van der Waals surface area contributed by atoms with E-state index in [0.29, 0.717) is 57.7 Å². The Bertz CT molecular complexity index is 1120. The van der Waals surface area contributed by atoms with Crippen molar-refractivity contribution in [3.63, 3.8) is 0 Å². The minimum Gasteiger partial charge on any atom is -0.385 e. The van der Waals surface area contributed by atoms with Gasteiger partial charge in [-0.1, -0.05) is 43.9 Å². The normalized spacial score (nSPS) is 23.0. The van der Waals surface area contributed by atoms with E-state index in [9.17, 15) is 9.59 Å². The lowest BCUT2D eigenvalue weighted by molar-refractivity contribution is -0.122. The standard InChI is InChI=1S/C23H28N4O3S2/c1-15-11-16(2)14-25(13-15)20-17(21(28)26-8-5-4-7-19(26)24-20)12-18-22(29)27(23(31)32-18)9-6-10-30-3/h4-5,7-8,12,15-16H,6,9-11,13-14H2,1-3H3/b18-12-. The van der Waals surface area contributed by atoms with Crippen molar-refractivity contribution >= 4 is 51.7 Å². The highest BCUT2D eigenvalue weighted by Crippen LogP contribution is 2.34. The first-order chi connectivity index (χ1) is 15.4. The molecular formula is C23H28N4O3S2. The quantitative estimate of drug-likeness (QED) is 0.363. The van der Waals surface area contributed by atoms with Crippen LogP contribution in [0.15, 0.2) is 34.1 Å². The molecule has 0 saturated carbocycles. The van der Waals surface area contributed by atoms with E-state index < -0.39 is 0 Å². The average molecular weight is 473 g/mol. The summed E-state index contributed by atoms with van der Waals surface area (Å²) < 4.78 is 7.13. The summed E-state index contributed by atoms with van der Waals surface area (Å²) in [6.45, 7) is 7.17. The van der Waals surface area contributed by atoms with E-state index in [4.69, 9.17) is 21.9 Å². The Labute approximate surface area is 197 Å². The smallest absolute Gasteiger partial charge is 0.267 e. The number of aromatic nitrogens is 2. The number of rotatable bonds is 6. The Hall–Kier alpha value is -2.23. The molecule has 2 aromatic heterocycles. The van der Waals surface area contributed by atoms with Crippen molar-refractivity contribution in [3.05, 3.63) is 45.2 Å². The van der Waals surface area contributed by atoms with Crippen LogP contribution in [0, 0.1) is 11.8 Å². The highest BCUT2D eigenvalue weighted by atomic mass is 32.2. The molecule has 0 N–H and O–H groups in total. The van der Waals surface area contributed by atoms with E-state index in [0.717, 1.165) is 19.5 Å². The van der Waals surface area contributed by atoms with Gasteiger partial charge in [0, 0.05) is 39.5 Å². The third kappa shape index (κ3) is 4.60. The molecule has 0 bridgehead atoms. The number of thioether (sulfide) groups is 1. The Morgan fingerprint density at radius 3 is 2.72 bits per heavy atom. The molecule has 0 radical (unpaired) electrons. The molecule has 2 aromatic rings. The lowest BCUT2D eigenvalue weighted by Crippen LogP contribution is -2.40.